The van der Waals surface area contributed by atoms with Crippen molar-refractivity contribution in [3.8, 4) is 0 Å². The molecule has 15 heavy (non-hydrogen) atoms. The van der Waals surface area contributed by atoms with E-state index in [9.17, 15) is 9.90 Å². The van der Waals surface area contributed by atoms with Crippen LogP contribution in [0.25, 0.3) is 0 Å². The predicted octanol–water partition coefficient (Wildman–Crippen LogP) is 0.942. The number of aliphatic hydroxyl groups is 1. The molecule has 1 aliphatic carbocycles. The lowest BCUT2D eigenvalue weighted by atomic mass is 10.1. The van der Waals surface area contributed by atoms with Crippen molar-refractivity contribution < 1.29 is 15.0 Å². The molecule has 2 N–H and O–H groups in total. The molecule has 3 atom stereocenters. The first-order chi connectivity index (χ1) is 7.06. The first kappa shape index (κ1) is 12.5. The van der Waals surface area contributed by atoms with E-state index in [1.807, 2.05) is 6.92 Å². The molecule has 88 valence electrons. The Morgan fingerprint density at radius 3 is 2.60 bits per heavy atom. The SMILES string of the molecule is CCN(CC(C)C(=O)O)C1CCCC1O. The Balaban J connectivity index is 2.51. The summed E-state index contributed by atoms with van der Waals surface area (Å²) in [6.07, 6.45) is 2.61. The summed E-state index contributed by atoms with van der Waals surface area (Å²) >= 11 is 0. The second-order valence-electron chi connectivity index (χ2n) is 4.39. The first-order valence-corrected chi connectivity index (χ1v) is 5.71. The van der Waals surface area contributed by atoms with Gasteiger partial charge in [-0.3, -0.25) is 9.69 Å². The quantitative estimate of drug-likeness (QED) is 0.716. The number of aliphatic hydroxyl groups excluding tert-OH is 1. The molecule has 0 saturated heterocycles. The molecule has 0 aromatic carbocycles. The zero-order chi connectivity index (χ0) is 11.4. The fourth-order valence-electron chi connectivity index (χ4n) is 2.28. The molecule has 0 heterocycles. The second-order valence-corrected chi connectivity index (χ2v) is 4.39. The molecular weight excluding hydrogens is 194 g/mol. The minimum absolute atomic E-state index is 0.164. The summed E-state index contributed by atoms with van der Waals surface area (Å²) in [6.45, 7) is 5.07. The zero-order valence-corrected chi connectivity index (χ0v) is 9.52. The number of carboxylic acids is 1. The van der Waals surface area contributed by atoms with Gasteiger partial charge in [0, 0.05) is 12.6 Å². The van der Waals surface area contributed by atoms with Crippen molar-refractivity contribution in [1.82, 2.24) is 4.90 Å². The van der Waals surface area contributed by atoms with Gasteiger partial charge in [0.05, 0.1) is 12.0 Å². The Bertz CT molecular complexity index is 220. The van der Waals surface area contributed by atoms with Gasteiger partial charge in [-0.25, -0.2) is 0 Å². The highest BCUT2D eigenvalue weighted by molar-refractivity contribution is 5.69. The Kier molecular flexibility index (Phi) is 4.54. The Morgan fingerprint density at radius 1 is 1.53 bits per heavy atom. The third-order valence-electron chi connectivity index (χ3n) is 3.25. The van der Waals surface area contributed by atoms with E-state index in [2.05, 4.69) is 4.90 Å². The second kappa shape index (κ2) is 5.47. The highest BCUT2D eigenvalue weighted by Crippen LogP contribution is 2.24. The third-order valence-corrected chi connectivity index (χ3v) is 3.25. The van der Waals surface area contributed by atoms with Gasteiger partial charge in [-0.05, 0) is 25.8 Å². The Labute approximate surface area is 90.9 Å². The molecule has 3 unspecified atom stereocenters. The fourth-order valence-corrected chi connectivity index (χ4v) is 2.28. The maximum absolute atomic E-state index is 10.8. The molecule has 4 nitrogen and oxygen atoms in total. The van der Waals surface area contributed by atoms with Crippen molar-refractivity contribution in [2.24, 2.45) is 5.92 Å². The predicted molar refractivity (Wildman–Crippen MR) is 57.7 cm³/mol. The van der Waals surface area contributed by atoms with Crippen molar-refractivity contribution in [2.75, 3.05) is 13.1 Å². The van der Waals surface area contributed by atoms with Crippen LogP contribution in [0, 0.1) is 5.92 Å². The van der Waals surface area contributed by atoms with E-state index in [0.29, 0.717) is 6.54 Å². The van der Waals surface area contributed by atoms with Crippen LogP contribution in [0.15, 0.2) is 0 Å². The molecule has 0 amide bonds. The molecule has 0 aliphatic heterocycles. The van der Waals surface area contributed by atoms with Crippen LogP contribution < -0.4 is 0 Å². The van der Waals surface area contributed by atoms with Gasteiger partial charge in [-0.15, -0.1) is 0 Å². The van der Waals surface area contributed by atoms with Crippen LogP contribution in [-0.2, 0) is 4.79 Å². The lowest BCUT2D eigenvalue weighted by molar-refractivity contribution is -0.142. The number of nitrogens with zero attached hydrogens (tertiary/aromatic N) is 1. The highest BCUT2D eigenvalue weighted by atomic mass is 16.4. The molecule has 1 aliphatic rings. The summed E-state index contributed by atoms with van der Waals surface area (Å²) in [6, 6.07) is 0.164. The van der Waals surface area contributed by atoms with Gasteiger partial charge in [0.25, 0.3) is 0 Å². The van der Waals surface area contributed by atoms with E-state index in [0.717, 1.165) is 25.8 Å². The minimum Gasteiger partial charge on any atom is -0.481 e. The van der Waals surface area contributed by atoms with E-state index >= 15 is 0 Å². The maximum Gasteiger partial charge on any atom is 0.307 e. The minimum atomic E-state index is -0.763. The maximum atomic E-state index is 10.8. The van der Waals surface area contributed by atoms with Gasteiger partial charge in [0.2, 0.25) is 0 Å². The lowest BCUT2D eigenvalue weighted by Crippen LogP contribution is -2.43. The molecule has 1 fully saturated rings. The average molecular weight is 215 g/mol. The van der Waals surface area contributed by atoms with Crippen LogP contribution in [0.4, 0.5) is 0 Å². The van der Waals surface area contributed by atoms with Crippen LogP contribution in [-0.4, -0.2) is 46.3 Å². The van der Waals surface area contributed by atoms with Crippen LogP contribution in [0.5, 0.6) is 0 Å². The number of carboxylic acid groups (broad SMARTS) is 1. The molecule has 0 spiro atoms. The van der Waals surface area contributed by atoms with Gasteiger partial charge < -0.3 is 10.2 Å². The molecule has 0 bridgehead atoms. The molecule has 0 aromatic heterocycles. The number of hydrogen-bond donors (Lipinski definition) is 2. The van der Waals surface area contributed by atoms with Crippen molar-refractivity contribution in [3.63, 3.8) is 0 Å². The molecular formula is C11H21NO3. The van der Waals surface area contributed by atoms with E-state index < -0.39 is 5.97 Å². The molecule has 1 saturated carbocycles. The summed E-state index contributed by atoms with van der Waals surface area (Å²) in [5.41, 5.74) is 0. The summed E-state index contributed by atoms with van der Waals surface area (Å²) in [5, 5.41) is 18.6. The monoisotopic (exact) mass is 215 g/mol. The largest absolute Gasteiger partial charge is 0.481 e. The van der Waals surface area contributed by atoms with Crippen LogP contribution in [0.3, 0.4) is 0 Å². The Morgan fingerprint density at radius 2 is 2.20 bits per heavy atom. The van der Waals surface area contributed by atoms with Gasteiger partial charge in [-0.1, -0.05) is 13.8 Å². The van der Waals surface area contributed by atoms with E-state index in [4.69, 9.17) is 5.11 Å². The molecule has 1 rings (SSSR count). The van der Waals surface area contributed by atoms with E-state index in [-0.39, 0.29) is 18.1 Å². The van der Waals surface area contributed by atoms with Crippen molar-refractivity contribution in [2.45, 2.75) is 45.3 Å². The molecule has 0 aromatic rings. The standard InChI is InChI=1S/C11H21NO3/c1-3-12(7-8(2)11(14)15)9-5-4-6-10(9)13/h8-10,13H,3-7H2,1-2H3,(H,14,15). The third kappa shape index (κ3) is 3.18. The molecule has 0 radical (unpaired) electrons. The van der Waals surface area contributed by atoms with E-state index in [1.54, 1.807) is 6.92 Å². The van der Waals surface area contributed by atoms with Crippen LogP contribution >= 0.6 is 0 Å². The molecule has 4 heteroatoms. The van der Waals surface area contributed by atoms with Gasteiger partial charge >= 0.3 is 5.97 Å². The number of hydrogen-bond acceptors (Lipinski definition) is 3. The Hall–Kier alpha value is -0.610. The van der Waals surface area contributed by atoms with Crippen molar-refractivity contribution >= 4 is 5.97 Å². The summed E-state index contributed by atoms with van der Waals surface area (Å²) < 4.78 is 0. The number of aliphatic carboxylic acids is 1. The van der Waals surface area contributed by atoms with Crippen LogP contribution in [0.2, 0.25) is 0 Å². The van der Waals surface area contributed by atoms with Gasteiger partial charge in [0.1, 0.15) is 0 Å². The first-order valence-electron chi connectivity index (χ1n) is 5.71. The normalized spacial score (nSPS) is 28.3. The topological polar surface area (TPSA) is 60.8 Å². The fraction of sp³-hybridized carbons (Fsp3) is 0.909. The van der Waals surface area contributed by atoms with Crippen molar-refractivity contribution in [3.05, 3.63) is 0 Å². The average Bonchev–Trinajstić information content (AvgIpc) is 2.60. The lowest BCUT2D eigenvalue weighted by Gasteiger charge is -2.31. The smallest absolute Gasteiger partial charge is 0.307 e. The van der Waals surface area contributed by atoms with E-state index in [1.165, 1.54) is 0 Å². The summed E-state index contributed by atoms with van der Waals surface area (Å²) in [7, 11) is 0. The van der Waals surface area contributed by atoms with Crippen molar-refractivity contribution in [1.29, 1.82) is 0 Å². The summed E-state index contributed by atoms with van der Waals surface area (Å²) in [5.74, 6) is -1.13. The van der Waals surface area contributed by atoms with Crippen LogP contribution in [0.1, 0.15) is 33.1 Å². The van der Waals surface area contributed by atoms with Gasteiger partial charge in [0.15, 0.2) is 0 Å². The number of rotatable bonds is 5. The van der Waals surface area contributed by atoms with Gasteiger partial charge in [-0.2, -0.15) is 0 Å². The number of carbonyl (C=O) groups is 1. The summed E-state index contributed by atoms with van der Waals surface area (Å²) in [4.78, 5) is 12.9. The number of likely N-dealkylation sites (N-methyl/N-ethyl adjacent to an activating group) is 1. The highest BCUT2D eigenvalue weighted by Gasteiger charge is 2.31. The zero-order valence-electron chi connectivity index (χ0n) is 9.52.